The average Bonchev–Trinajstić information content (AvgIpc) is 3.95. The Morgan fingerprint density at radius 2 is 1.70 bits per heavy atom. The minimum atomic E-state index is -0.593. The number of likely N-dealkylation sites (tertiary alicyclic amines) is 1. The van der Waals surface area contributed by atoms with Crippen molar-refractivity contribution in [3.05, 3.63) is 65.7 Å². The second-order valence-electron chi connectivity index (χ2n) is 15.6. The molecule has 2 aromatic carbocycles. The van der Waals surface area contributed by atoms with Crippen LogP contribution < -0.4 is 20.4 Å². The van der Waals surface area contributed by atoms with Gasteiger partial charge in [-0.3, -0.25) is 29.2 Å². The fraction of sp³-hybridized carbons (Fsp3) is 0.500. The lowest BCUT2D eigenvalue weighted by atomic mass is 9.94. The van der Waals surface area contributed by atoms with E-state index in [-0.39, 0.29) is 35.8 Å². The molecule has 2 aromatic heterocycles. The van der Waals surface area contributed by atoms with Crippen molar-refractivity contribution < 1.29 is 23.7 Å². The number of rotatable bonds is 8. The molecule has 2 N–H and O–H groups in total. The maximum atomic E-state index is 13.4. The first kappa shape index (κ1) is 34.5. The third-order valence-electron chi connectivity index (χ3n) is 12.2. The van der Waals surface area contributed by atoms with Crippen molar-refractivity contribution in [3.63, 3.8) is 0 Å². The van der Waals surface area contributed by atoms with Gasteiger partial charge in [0.15, 0.2) is 0 Å². The number of benzene rings is 2. The van der Waals surface area contributed by atoms with Gasteiger partial charge in [-0.05, 0) is 87.1 Å². The Hall–Kier alpha value is -5.24. The summed E-state index contributed by atoms with van der Waals surface area (Å²) in [5.41, 5.74) is 5.39. The topological polar surface area (TPSA) is 149 Å². The van der Waals surface area contributed by atoms with E-state index in [0.717, 1.165) is 118 Å². The molecule has 0 saturated carbocycles. The number of amides is 4. The molecule has 0 bridgehead atoms. The summed E-state index contributed by atoms with van der Waals surface area (Å²) in [5.74, 6) is -0.269. The van der Waals surface area contributed by atoms with Crippen LogP contribution in [0.15, 0.2) is 53.3 Å². The fourth-order valence-corrected chi connectivity index (χ4v) is 9.12. The van der Waals surface area contributed by atoms with E-state index in [1.807, 2.05) is 12.1 Å². The van der Waals surface area contributed by atoms with Crippen molar-refractivity contribution in [3.8, 4) is 0 Å². The predicted octanol–water partition coefficient (Wildman–Crippen LogP) is 4.58. The van der Waals surface area contributed by atoms with Gasteiger partial charge in [-0.25, -0.2) is 0 Å². The predicted molar refractivity (Wildman–Crippen MR) is 202 cm³/mol. The fourth-order valence-electron chi connectivity index (χ4n) is 9.12. The summed E-state index contributed by atoms with van der Waals surface area (Å²) in [5, 5.41) is 15.2. The zero-order chi connectivity index (χ0) is 36.8. The molecule has 1 atom stereocenters. The molecule has 0 radical (unpaired) electrons. The number of hydrogen-bond donors (Lipinski definition) is 2. The number of carbonyl (C=O) groups excluding carboxylic acids is 4. The summed E-state index contributed by atoms with van der Waals surface area (Å²) in [7, 11) is 0. The summed E-state index contributed by atoms with van der Waals surface area (Å²) in [6.45, 7) is 7.38. The van der Waals surface area contributed by atoms with Crippen LogP contribution in [0, 0.1) is 5.92 Å². The molecular weight excluding hydrogens is 686 g/mol. The van der Waals surface area contributed by atoms with Gasteiger partial charge in [-0.1, -0.05) is 11.2 Å². The summed E-state index contributed by atoms with van der Waals surface area (Å²) in [6.07, 6.45) is 12.0. The van der Waals surface area contributed by atoms with E-state index in [0.29, 0.717) is 30.5 Å². The highest BCUT2D eigenvalue weighted by molar-refractivity contribution is 6.07. The van der Waals surface area contributed by atoms with Gasteiger partial charge in [-0.15, -0.1) is 0 Å². The Morgan fingerprint density at radius 3 is 2.46 bits per heavy atom. The van der Waals surface area contributed by atoms with Crippen LogP contribution in [0.3, 0.4) is 0 Å². The van der Waals surface area contributed by atoms with Gasteiger partial charge in [0.25, 0.3) is 11.8 Å². The SMILES string of the molecule is O=C1CCC(N2Cc3ccc(N4CCC(CN5CCC(n6cc7cc(NC(=O)c8ccno8)c(N8CCCCC8)cc7n6)CC5)CC4)cc3C2=O)C(=O)N1. The maximum Gasteiger partial charge on any atom is 0.294 e. The molecule has 9 rings (SSSR count). The minimum absolute atomic E-state index is 0.123. The Labute approximate surface area is 313 Å². The molecule has 4 amide bonds. The van der Waals surface area contributed by atoms with E-state index in [1.54, 1.807) is 11.0 Å². The molecule has 54 heavy (non-hydrogen) atoms. The number of hydrogen-bond acceptors (Lipinski definition) is 10. The highest BCUT2D eigenvalue weighted by Crippen LogP contribution is 2.36. The van der Waals surface area contributed by atoms with Gasteiger partial charge in [0.05, 0.1) is 29.1 Å². The maximum absolute atomic E-state index is 13.4. The highest BCUT2D eigenvalue weighted by atomic mass is 16.5. The van der Waals surface area contributed by atoms with Crippen molar-refractivity contribution in [2.75, 3.05) is 60.9 Å². The van der Waals surface area contributed by atoms with Gasteiger partial charge in [-0.2, -0.15) is 5.10 Å². The van der Waals surface area contributed by atoms with Crippen LogP contribution in [0.5, 0.6) is 0 Å². The second kappa shape index (κ2) is 14.5. The smallest absolute Gasteiger partial charge is 0.294 e. The van der Waals surface area contributed by atoms with Gasteiger partial charge in [0.1, 0.15) is 6.04 Å². The van der Waals surface area contributed by atoms with E-state index in [4.69, 9.17) is 9.62 Å². The van der Waals surface area contributed by atoms with Gasteiger partial charge < -0.3 is 29.4 Å². The van der Waals surface area contributed by atoms with Gasteiger partial charge in [0, 0.05) is 87.7 Å². The molecule has 0 aliphatic carbocycles. The highest BCUT2D eigenvalue weighted by Gasteiger charge is 2.39. The molecular formula is C40H47N9O5. The van der Waals surface area contributed by atoms with Crippen LogP contribution >= 0.6 is 0 Å². The number of nitrogens with one attached hydrogen (secondary N) is 2. The first-order valence-electron chi connectivity index (χ1n) is 19.6. The molecule has 0 spiro atoms. The van der Waals surface area contributed by atoms with E-state index < -0.39 is 6.04 Å². The minimum Gasteiger partial charge on any atom is -0.371 e. The zero-order valence-electron chi connectivity index (χ0n) is 30.5. The van der Waals surface area contributed by atoms with Crippen molar-refractivity contribution in [2.45, 2.75) is 76.4 Å². The molecule has 282 valence electrons. The lowest BCUT2D eigenvalue weighted by Crippen LogP contribution is -2.52. The molecule has 1 unspecified atom stereocenters. The van der Waals surface area contributed by atoms with Crippen molar-refractivity contribution in [1.82, 2.24) is 30.1 Å². The lowest BCUT2D eigenvalue weighted by Gasteiger charge is -2.38. The summed E-state index contributed by atoms with van der Waals surface area (Å²) >= 11 is 0. The monoisotopic (exact) mass is 733 g/mol. The molecule has 7 heterocycles. The van der Waals surface area contributed by atoms with Crippen LogP contribution in [0.25, 0.3) is 10.9 Å². The Morgan fingerprint density at radius 1 is 0.889 bits per heavy atom. The molecule has 5 aliphatic heterocycles. The lowest BCUT2D eigenvalue weighted by molar-refractivity contribution is -0.136. The van der Waals surface area contributed by atoms with E-state index in [9.17, 15) is 19.2 Å². The Balaban J connectivity index is 0.792. The summed E-state index contributed by atoms with van der Waals surface area (Å²) in [6, 6.07) is 11.6. The third kappa shape index (κ3) is 6.83. The van der Waals surface area contributed by atoms with E-state index in [1.165, 1.54) is 12.6 Å². The van der Waals surface area contributed by atoms with Crippen molar-refractivity contribution in [1.29, 1.82) is 0 Å². The van der Waals surface area contributed by atoms with Gasteiger partial charge in [0.2, 0.25) is 17.6 Å². The van der Waals surface area contributed by atoms with Crippen LogP contribution in [0.1, 0.15) is 90.3 Å². The van der Waals surface area contributed by atoms with Crippen LogP contribution in [0.4, 0.5) is 17.1 Å². The zero-order valence-corrected chi connectivity index (χ0v) is 30.5. The van der Waals surface area contributed by atoms with E-state index in [2.05, 4.69) is 59.6 Å². The van der Waals surface area contributed by atoms with E-state index >= 15 is 0 Å². The van der Waals surface area contributed by atoms with Crippen molar-refractivity contribution in [2.24, 2.45) is 5.92 Å². The number of nitrogens with zero attached hydrogens (tertiary/aromatic N) is 7. The average molecular weight is 734 g/mol. The molecule has 5 aliphatic rings. The molecule has 14 heteroatoms. The van der Waals surface area contributed by atoms with Crippen LogP contribution in [-0.4, -0.2) is 100 Å². The number of anilines is 3. The first-order valence-corrected chi connectivity index (χ1v) is 19.6. The standard InChI is InChI=1S/C40H47N9O5/c50-37-7-6-34(38(51)43-37)48-24-27-4-5-30(21-31(27)40(48)53)46-18-9-26(10-19-46)23-45-16-11-29(12-17-45)49-25-28-20-33(42-39(52)36-8-13-41-54-36)35(22-32(28)44-49)47-14-2-1-3-15-47/h4-5,8,13,20-22,25-26,29,34H,1-3,6-7,9-12,14-19,23-24H2,(H,42,52)(H,43,50,51). The number of piperidine rings is 4. The van der Waals surface area contributed by atoms with Crippen LogP contribution in [0.2, 0.25) is 0 Å². The number of aromatic nitrogens is 3. The summed E-state index contributed by atoms with van der Waals surface area (Å²) < 4.78 is 7.26. The number of imide groups is 1. The second-order valence-corrected chi connectivity index (χ2v) is 15.6. The molecule has 4 aromatic rings. The first-order chi connectivity index (χ1) is 26.4. The molecule has 14 nitrogen and oxygen atoms in total. The van der Waals surface area contributed by atoms with Crippen molar-refractivity contribution >= 4 is 51.6 Å². The molecule has 4 saturated heterocycles. The third-order valence-corrected chi connectivity index (χ3v) is 12.2. The Bertz CT molecular complexity index is 2060. The number of fused-ring (bicyclic) bond motifs is 2. The van der Waals surface area contributed by atoms with Crippen LogP contribution in [-0.2, 0) is 16.1 Å². The largest absolute Gasteiger partial charge is 0.371 e. The normalized spacial score (nSPS) is 21.9. The van der Waals surface area contributed by atoms with Gasteiger partial charge >= 0.3 is 0 Å². The number of carbonyl (C=O) groups is 4. The summed E-state index contributed by atoms with van der Waals surface area (Å²) in [4.78, 5) is 59.4. The Kier molecular flexibility index (Phi) is 9.29. The molecule has 4 fully saturated rings. The quantitative estimate of drug-likeness (QED) is 0.247.